The molecule has 24 heavy (non-hydrogen) atoms. The summed E-state index contributed by atoms with van der Waals surface area (Å²) in [6.07, 6.45) is -2.12. The van der Waals surface area contributed by atoms with Gasteiger partial charge in [-0.25, -0.2) is 0 Å². The number of hydrogen-bond donors (Lipinski definition) is 3. The summed E-state index contributed by atoms with van der Waals surface area (Å²) in [7, 11) is 0.224. The van der Waals surface area contributed by atoms with Crippen LogP contribution in [0.1, 0.15) is 12.8 Å². The molecule has 1 aliphatic rings. The molecule has 2 rings (SSSR count). The van der Waals surface area contributed by atoms with E-state index in [9.17, 15) is 15.1 Å². The normalized spacial score (nSPS) is 28.0. The van der Waals surface area contributed by atoms with Crippen molar-refractivity contribution in [3.05, 3.63) is 24.3 Å². The molecular formula is C16H22NO6P. The second kappa shape index (κ2) is 9.16. The van der Waals surface area contributed by atoms with Crippen molar-refractivity contribution >= 4 is 8.15 Å². The molecule has 0 aromatic heterocycles. The first-order chi connectivity index (χ1) is 11.5. The Hall–Kier alpha value is -1.42. The Morgan fingerprint density at radius 3 is 2.58 bits per heavy atom. The van der Waals surface area contributed by atoms with E-state index in [1.165, 1.54) is 0 Å². The van der Waals surface area contributed by atoms with Gasteiger partial charge in [0, 0.05) is 14.6 Å². The second-order valence-electron chi connectivity index (χ2n) is 5.55. The lowest BCUT2D eigenvalue weighted by molar-refractivity contribution is -0.235. The number of nitriles is 1. The maximum Gasteiger partial charge on any atom is 0.228 e. The highest BCUT2D eigenvalue weighted by atomic mass is 31.1. The molecule has 1 saturated heterocycles. The first kappa shape index (κ1) is 18.9. The van der Waals surface area contributed by atoms with Crippen molar-refractivity contribution in [3.8, 4) is 17.6 Å². The monoisotopic (exact) mass is 355 g/mol. The van der Waals surface area contributed by atoms with Crippen LogP contribution in [0.5, 0.6) is 11.5 Å². The molecular weight excluding hydrogens is 333 g/mol. The van der Waals surface area contributed by atoms with E-state index in [2.05, 4.69) is 0 Å². The molecule has 0 spiro atoms. The molecule has 7 nitrogen and oxygen atoms in total. The SMILES string of the molecule is COc1ccc(OC2OC(CCP(O)CC#N)CC(O)C2O)cc1. The van der Waals surface area contributed by atoms with E-state index < -0.39 is 26.6 Å². The molecule has 5 unspecified atom stereocenters. The number of aliphatic hydroxyl groups excluding tert-OH is 2. The highest BCUT2D eigenvalue weighted by Crippen LogP contribution is 2.33. The Kier molecular flexibility index (Phi) is 7.22. The van der Waals surface area contributed by atoms with Gasteiger partial charge in [0.05, 0.1) is 31.5 Å². The summed E-state index contributed by atoms with van der Waals surface area (Å²) >= 11 is 0. The predicted molar refractivity (Wildman–Crippen MR) is 88.0 cm³/mol. The molecule has 1 aromatic carbocycles. The number of methoxy groups -OCH3 is 1. The predicted octanol–water partition coefficient (Wildman–Crippen LogP) is 1.21. The lowest BCUT2D eigenvalue weighted by Crippen LogP contribution is -2.51. The molecule has 3 N–H and O–H groups in total. The molecule has 5 atom stereocenters. The van der Waals surface area contributed by atoms with Gasteiger partial charge in [0.2, 0.25) is 6.29 Å². The van der Waals surface area contributed by atoms with Crippen LogP contribution in [0.25, 0.3) is 0 Å². The smallest absolute Gasteiger partial charge is 0.228 e. The maximum absolute atomic E-state index is 10.1. The van der Waals surface area contributed by atoms with E-state index in [-0.39, 0.29) is 18.7 Å². The molecule has 0 bridgehead atoms. The average molecular weight is 355 g/mol. The zero-order valence-corrected chi connectivity index (χ0v) is 14.3. The van der Waals surface area contributed by atoms with Crippen LogP contribution < -0.4 is 9.47 Å². The lowest BCUT2D eigenvalue weighted by Gasteiger charge is -2.37. The van der Waals surface area contributed by atoms with Crippen molar-refractivity contribution < 1.29 is 29.3 Å². The third kappa shape index (κ3) is 5.30. The van der Waals surface area contributed by atoms with Crippen LogP contribution >= 0.6 is 8.15 Å². The fourth-order valence-electron chi connectivity index (χ4n) is 2.44. The Balaban J connectivity index is 1.93. The standard InChI is InChI=1S/C16H22NO6P/c1-21-11-2-4-12(5-3-11)22-16-15(19)14(18)10-13(23-16)6-8-24(20)9-7-17/h2-5,13-16,18-20H,6,8-10H2,1H3. The van der Waals surface area contributed by atoms with Crippen molar-refractivity contribution in [2.24, 2.45) is 0 Å². The van der Waals surface area contributed by atoms with Crippen LogP contribution in [-0.4, -0.2) is 59.1 Å². The summed E-state index contributed by atoms with van der Waals surface area (Å²) in [5, 5.41) is 28.6. The molecule has 132 valence electrons. The number of aliphatic hydroxyl groups is 2. The summed E-state index contributed by atoms with van der Waals surface area (Å²) in [5.41, 5.74) is 0. The fraction of sp³-hybridized carbons (Fsp3) is 0.562. The van der Waals surface area contributed by atoms with Gasteiger partial charge in [-0.3, -0.25) is 0 Å². The first-order valence-electron chi connectivity index (χ1n) is 7.66. The van der Waals surface area contributed by atoms with Gasteiger partial charge in [0.1, 0.15) is 17.6 Å². The quantitative estimate of drug-likeness (QED) is 0.630. The van der Waals surface area contributed by atoms with E-state index in [0.717, 1.165) is 0 Å². The third-order valence-corrected chi connectivity index (χ3v) is 5.06. The minimum atomic E-state index is -1.34. The summed E-state index contributed by atoms with van der Waals surface area (Å²) in [4.78, 5) is 9.68. The topological polar surface area (TPSA) is 112 Å². The lowest BCUT2D eigenvalue weighted by atomic mass is 10.0. The second-order valence-corrected chi connectivity index (χ2v) is 7.32. The minimum absolute atomic E-state index is 0.124. The van der Waals surface area contributed by atoms with Gasteiger partial charge >= 0.3 is 0 Å². The number of ether oxygens (including phenoxy) is 3. The van der Waals surface area contributed by atoms with Crippen molar-refractivity contribution in [1.82, 2.24) is 0 Å². The van der Waals surface area contributed by atoms with Crippen LogP contribution in [0.4, 0.5) is 0 Å². The zero-order valence-electron chi connectivity index (χ0n) is 13.4. The van der Waals surface area contributed by atoms with Gasteiger partial charge in [0.25, 0.3) is 0 Å². The van der Waals surface area contributed by atoms with Gasteiger partial charge in [-0.05, 0) is 36.8 Å². The van der Waals surface area contributed by atoms with Crippen LogP contribution in [0.15, 0.2) is 24.3 Å². The molecule has 0 saturated carbocycles. The van der Waals surface area contributed by atoms with E-state index in [1.807, 2.05) is 6.07 Å². The van der Waals surface area contributed by atoms with Crippen molar-refractivity contribution in [1.29, 1.82) is 5.26 Å². The van der Waals surface area contributed by atoms with E-state index in [4.69, 9.17) is 19.5 Å². The van der Waals surface area contributed by atoms with Crippen LogP contribution in [0, 0.1) is 11.3 Å². The third-order valence-electron chi connectivity index (χ3n) is 3.78. The molecule has 1 heterocycles. The van der Waals surface area contributed by atoms with Gasteiger partial charge in [0.15, 0.2) is 0 Å². The molecule has 1 fully saturated rings. The fourth-order valence-corrected chi connectivity index (χ4v) is 3.35. The van der Waals surface area contributed by atoms with Crippen molar-refractivity contribution in [3.63, 3.8) is 0 Å². The Labute approximate surface area is 142 Å². The largest absolute Gasteiger partial charge is 0.497 e. The molecule has 0 amide bonds. The van der Waals surface area contributed by atoms with Gasteiger partial charge in [-0.2, -0.15) is 5.26 Å². The van der Waals surface area contributed by atoms with Crippen LogP contribution in [0.2, 0.25) is 0 Å². The highest BCUT2D eigenvalue weighted by molar-refractivity contribution is 7.51. The highest BCUT2D eigenvalue weighted by Gasteiger charge is 2.38. The Morgan fingerprint density at radius 1 is 1.29 bits per heavy atom. The average Bonchev–Trinajstić information content (AvgIpc) is 2.58. The summed E-state index contributed by atoms with van der Waals surface area (Å²) in [6.45, 7) is 0. The number of hydrogen-bond acceptors (Lipinski definition) is 7. The van der Waals surface area contributed by atoms with Crippen molar-refractivity contribution in [2.45, 2.75) is 37.4 Å². The minimum Gasteiger partial charge on any atom is -0.497 e. The van der Waals surface area contributed by atoms with Gasteiger partial charge in [-0.1, -0.05) is 0 Å². The summed E-state index contributed by atoms with van der Waals surface area (Å²) < 4.78 is 16.4. The van der Waals surface area contributed by atoms with Gasteiger partial charge < -0.3 is 29.3 Å². The van der Waals surface area contributed by atoms with Gasteiger partial charge in [-0.15, -0.1) is 0 Å². The number of rotatable bonds is 7. The molecule has 1 aliphatic heterocycles. The molecule has 1 aromatic rings. The number of nitrogens with zero attached hydrogens (tertiary/aromatic N) is 1. The van der Waals surface area contributed by atoms with E-state index >= 15 is 0 Å². The summed E-state index contributed by atoms with van der Waals surface area (Å²) in [6, 6.07) is 8.75. The Bertz CT molecular complexity index is 548. The van der Waals surface area contributed by atoms with Crippen LogP contribution in [-0.2, 0) is 4.74 Å². The molecule has 0 radical (unpaired) electrons. The molecule has 0 aliphatic carbocycles. The maximum atomic E-state index is 10.1. The van der Waals surface area contributed by atoms with E-state index in [0.29, 0.717) is 24.1 Å². The van der Waals surface area contributed by atoms with Crippen molar-refractivity contribution in [2.75, 3.05) is 19.4 Å². The number of benzene rings is 1. The zero-order chi connectivity index (χ0) is 17.5. The first-order valence-corrected chi connectivity index (χ1v) is 9.33. The summed E-state index contributed by atoms with van der Waals surface area (Å²) in [5.74, 6) is 1.17. The van der Waals surface area contributed by atoms with Crippen LogP contribution in [0.3, 0.4) is 0 Å². The Morgan fingerprint density at radius 2 is 1.96 bits per heavy atom. The van der Waals surface area contributed by atoms with E-state index in [1.54, 1.807) is 31.4 Å². The molecule has 8 heteroatoms.